The smallest absolute Gasteiger partial charge is 0.462 e. The molecule has 0 aromatic rings. The van der Waals surface area contributed by atoms with Crippen LogP contribution in [0.15, 0.2) is 0 Å². The third-order valence-corrected chi connectivity index (χ3v) is 19.8. The van der Waals surface area contributed by atoms with Crippen LogP contribution >= 0.6 is 15.6 Å². The van der Waals surface area contributed by atoms with Crippen LogP contribution in [-0.2, 0) is 65.4 Å². The third-order valence-electron chi connectivity index (χ3n) is 17.9. The lowest BCUT2D eigenvalue weighted by atomic mass is 10.0. The zero-order valence-electron chi connectivity index (χ0n) is 61.6. The second kappa shape index (κ2) is 70.5. The van der Waals surface area contributed by atoms with Crippen molar-refractivity contribution < 1.29 is 80.2 Å². The van der Waals surface area contributed by atoms with Crippen molar-refractivity contribution in [2.45, 2.75) is 425 Å². The fourth-order valence-electron chi connectivity index (χ4n) is 11.8. The molecule has 564 valence electrons. The maximum absolute atomic E-state index is 13.1. The minimum absolute atomic E-state index is 0.107. The minimum atomic E-state index is -4.95. The molecule has 0 saturated heterocycles. The molecule has 19 heteroatoms. The monoisotopic (exact) mass is 1400 g/mol. The predicted octanol–water partition coefficient (Wildman–Crippen LogP) is 22.6. The Morgan fingerprint density at radius 3 is 0.621 bits per heavy atom. The van der Waals surface area contributed by atoms with Crippen molar-refractivity contribution in [2.75, 3.05) is 39.6 Å². The molecule has 0 fully saturated rings. The first-order valence-corrected chi connectivity index (χ1v) is 42.8. The van der Waals surface area contributed by atoms with Crippen LogP contribution in [0.4, 0.5) is 0 Å². The molecule has 0 radical (unpaired) electrons. The first-order chi connectivity index (χ1) is 46.2. The number of rotatable bonds is 77. The maximum atomic E-state index is 13.1. The summed E-state index contributed by atoms with van der Waals surface area (Å²) in [5, 5.41) is 10.6. The molecular weight excluding hydrogens is 1250 g/mol. The number of aliphatic hydroxyl groups excluding tert-OH is 1. The van der Waals surface area contributed by atoms with Gasteiger partial charge in [0.1, 0.15) is 19.3 Å². The molecule has 0 aromatic carbocycles. The molecule has 2 unspecified atom stereocenters. The summed E-state index contributed by atoms with van der Waals surface area (Å²) < 4.78 is 68.3. The van der Waals surface area contributed by atoms with E-state index in [-0.39, 0.29) is 25.7 Å². The van der Waals surface area contributed by atoms with Gasteiger partial charge in [-0.15, -0.1) is 0 Å². The van der Waals surface area contributed by atoms with Crippen molar-refractivity contribution >= 4 is 39.5 Å². The molecular formula is C76H148O17P2. The van der Waals surface area contributed by atoms with Crippen LogP contribution in [0, 0.1) is 0 Å². The summed E-state index contributed by atoms with van der Waals surface area (Å²) in [4.78, 5) is 72.5. The second-order valence-electron chi connectivity index (χ2n) is 27.4. The highest BCUT2D eigenvalue weighted by molar-refractivity contribution is 7.47. The molecule has 0 aliphatic heterocycles. The van der Waals surface area contributed by atoms with Crippen LogP contribution in [0.5, 0.6) is 0 Å². The maximum Gasteiger partial charge on any atom is 0.472 e. The van der Waals surface area contributed by atoms with Crippen molar-refractivity contribution in [3.05, 3.63) is 0 Å². The molecule has 0 aromatic heterocycles. The van der Waals surface area contributed by atoms with Crippen LogP contribution in [0.3, 0.4) is 0 Å². The molecule has 95 heavy (non-hydrogen) atoms. The standard InChI is InChI=1S/C76H148O17P2/c1-5-9-13-17-20-23-26-29-31-33-35-37-39-41-44-46-49-53-57-61-74(79)87-67-72(93-76(81)63-59-55-51-48-45-42-40-38-36-34-32-30-27-24-21-18-14-10-6-2)69-91-95(84,85)89-65-70(77)64-88-94(82,83)90-68-71(66-86-73(78)60-56-52-16-12-8-4)92-75(80)62-58-54-50-47-43-28-25-22-19-15-11-7-3/h70-72,77H,5-69H2,1-4H3,(H,82,83)(H,84,85)/t70-,71+,72+/m0/s1. The van der Waals surface area contributed by atoms with Crippen LogP contribution in [-0.4, -0.2) is 96.7 Å². The van der Waals surface area contributed by atoms with E-state index in [0.29, 0.717) is 25.7 Å². The highest BCUT2D eigenvalue weighted by atomic mass is 31.2. The SMILES string of the molecule is CCCCCCCCCCCCCCCCCCCCCC(=O)OC[C@H](COP(=O)(O)OC[C@@H](O)COP(=O)(O)OC[C@@H](COC(=O)CCCCCCC)OC(=O)CCCCCCCCCCCCCC)OC(=O)CCCCCCCCCCCCCCCCCCCCC. The molecule has 0 aliphatic carbocycles. The lowest BCUT2D eigenvalue weighted by molar-refractivity contribution is -0.161. The zero-order chi connectivity index (χ0) is 69.7. The number of ether oxygens (including phenoxy) is 4. The molecule has 0 spiro atoms. The number of aliphatic hydroxyl groups is 1. The van der Waals surface area contributed by atoms with E-state index >= 15 is 0 Å². The van der Waals surface area contributed by atoms with Crippen molar-refractivity contribution in [1.82, 2.24) is 0 Å². The van der Waals surface area contributed by atoms with Gasteiger partial charge in [0.05, 0.1) is 26.4 Å². The van der Waals surface area contributed by atoms with Gasteiger partial charge in [0.2, 0.25) is 0 Å². The summed E-state index contributed by atoms with van der Waals surface area (Å²) in [6.45, 7) is 4.90. The van der Waals surface area contributed by atoms with E-state index in [1.807, 2.05) is 0 Å². The quantitative estimate of drug-likeness (QED) is 0.0222. The Labute approximate surface area is 581 Å². The van der Waals surface area contributed by atoms with E-state index in [9.17, 15) is 43.2 Å². The van der Waals surface area contributed by atoms with Gasteiger partial charge < -0.3 is 33.8 Å². The number of phosphoric ester groups is 2. The lowest BCUT2D eigenvalue weighted by Gasteiger charge is -2.21. The molecule has 0 rings (SSSR count). The van der Waals surface area contributed by atoms with Gasteiger partial charge >= 0.3 is 39.5 Å². The molecule has 0 heterocycles. The van der Waals surface area contributed by atoms with E-state index in [0.717, 1.165) is 96.3 Å². The summed E-state index contributed by atoms with van der Waals surface area (Å²) in [6, 6.07) is 0. The van der Waals surface area contributed by atoms with Crippen molar-refractivity contribution in [2.24, 2.45) is 0 Å². The molecule has 0 aliphatic rings. The molecule has 5 atom stereocenters. The fraction of sp³-hybridized carbons (Fsp3) is 0.947. The van der Waals surface area contributed by atoms with Crippen molar-refractivity contribution in [1.29, 1.82) is 0 Å². The number of hydrogen-bond acceptors (Lipinski definition) is 15. The first-order valence-electron chi connectivity index (χ1n) is 39.8. The number of carbonyl (C=O) groups is 4. The summed E-state index contributed by atoms with van der Waals surface area (Å²) in [5.41, 5.74) is 0. The summed E-state index contributed by atoms with van der Waals surface area (Å²) in [5.74, 6) is -2.12. The third kappa shape index (κ3) is 70.3. The number of carbonyl (C=O) groups excluding carboxylic acids is 4. The Bertz CT molecular complexity index is 1810. The van der Waals surface area contributed by atoms with E-state index in [4.69, 9.17) is 37.0 Å². The molecule has 0 bridgehead atoms. The van der Waals surface area contributed by atoms with E-state index in [1.165, 1.54) is 231 Å². The van der Waals surface area contributed by atoms with E-state index < -0.39 is 97.5 Å². The summed E-state index contributed by atoms with van der Waals surface area (Å²) >= 11 is 0. The van der Waals surface area contributed by atoms with Crippen LogP contribution in [0.25, 0.3) is 0 Å². The average Bonchev–Trinajstić information content (AvgIpc) is 2.34. The summed E-state index contributed by atoms with van der Waals surface area (Å²) in [7, 11) is -9.90. The van der Waals surface area contributed by atoms with Gasteiger partial charge in [-0.05, 0) is 25.7 Å². The normalized spacial score (nSPS) is 13.9. The minimum Gasteiger partial charge on any atom is -0.462 e. The molecule has 3 N–H and O–H groups in total. The van der Waals surface area contributed by atoms with Gasteiger partial charge in [-0.1, -0.05) is 355 Å². The largest absolute Gasteiger partial charge is 0.472 e. The molecule has 0 saturated carbocycles. The van der Waals surface area contributed by atoms with Gasteiger partial charge in [0.15, 0.2) is 12.2 Å². The van der Waals surface area contributed by atoms with Crippen LogP contribution in [0.1, 0.15) is 407 Å². The number of esters is 4. The second-order valence-corrected chi connectivity index (χ2v) is 30.3. The Morgan fingerprint density at radius 2 is 0.421 bits per heavy atom. The van der Waals surface area contributed by atoms with Gasteiger partial charge in [-0.25, -0.2) is 9.13 Å². The number of phosphoric acid groups is 2. The van der Waals surface area contributed by atoms with Crippen molar-refractivity contribution in [3.8, 4) is 0 Å². The van der Waals surface area contributed by atoms with Gasteiger partial charge in [-0.2, -0.15) is 0 Å². The van der Waals surface area contributed by atoms with E-state index in [1.54, 1.807) is 0 Å². The number of unbranched alkanes of at least 4 members (excludes halogenated alkanes) is 51. The van der Waals surface area contributed by atoms with Gasteiger partial charge in [-0.3, -0.25) is 37.3 Å². The lowest BCUT2D eigenvalue weighted by Crippen LogP contribution is -2.30. The number of hydrogen-bond donors (Lipinski definition) is 3. The fourth-order valence-corrected chi connectivity index (χ4v) is 13.3. The highest BCUT2D eigenvalue weighted by Gasteiger charge is 2.30. The highest BCUT2D eigenvalue weighted by Crippen LogP contribution is 2.45. The average molecular weight is 1400 g/mol. The molecule has 0 amide bonds. The Morgan fingerprint density at radius 1 is 0.253 bits per heavy atom. The Kier molecular flexibility index (Phi) is 69.1. The molecule has 17 nitrogen and oxygen atoms in total. The van der Waals surface area contributed by atoms with Gasteiger partial charge in [0.25, 0.3) is 0 Å². The Hall–Kier alpha value is -1.94. The van der Waals surface area contributed by atoms with E-state index in [2.05, 4.69) is 27.7 Å². The van der Waals surface area contributed by atoms with Crippen LogP contribution in [0.2, 0.25) is 0 Å². The zero-order valence-corrected chi connectivity index (χ0v) is 63.4. The predicted molar refractivity (Wildman–Crippen MR) is 386 cm³/mol. The first kappa shape index (κ1) is 93.1. The van der Waals surface area contributed by atoms with Gasteiger partial charge in [0, 0.05) is 25.7 Å². The Balaban J connectivity index is 5.12. The summed E-state index contributed by atoms with van der Waals surface area (Å²) in [6.07, 6.45) is 61.5. The topological polar surface area (TPSA) is 237 Å². The van der Waals surface area contributed by atoms with Crippen LogP contribution < -0.4 is 0 Å². The van der Waals surface area contributed by atoms with Crippen molar-refractivity contribution in [3.63, 3.8) is 0 Å².